The van der Waals surface area contributed by atoms with Crippen molar-refractivity contribution in [2.24, 2.45) is 0 Å². The van der Waals surface area contributed by atoms with Crippen LogP contribution in [0.2, 0.25) is 0 Å². The van der Waals surface area contributed by atoms with E-state index in [0.29, 0.717) is 18.8 Å². The van der Waals surface area contributed by atoms with E-state index in [1.165, 1.54) is 11.1 Å². The molecule has 0 saturated carbocycles. The van der Waals surface area contributed by atoms with E-state index in [4.69, 9.17) is 10.4 Å². The van der Waals surface area contributed by atoms with Crippen molar-refractivity contribution in [3.63, 3.8) is 0 Å². The molecular formula is C17H24N10O2. The van der Waals surface area contributed by atoms with Crippen LogP contribution >= 0.6 is 0 Å². The van der Waals surface area contributed by atoms with E-state index in [1.807, 2.05) is 10.8 Å². The topological polar surface area (TPSA) is 146 Å². The number of carbonyl (C=O) groups excluding carboxylic acids is 1. The van der Waals surface area contributed by atoms with Gasteiger partial charge in [-0.25, -0.2) is 9.61 Å². The predicted molar refractivity (Wildman–Crippen MR) is 102 cm³/mol. The fraction of sp³-hybridized carbons (Fsp3) is 0.529. The molecule has 1 aliphatic rings. The summed E-state index contributed by atoms with van der Waals surface area (Å²) in [6, 6.07) is 0. The lowest BCUT2D eigenvalue weighted by molar-refractivity contribution is 0.0945. The van der Waals surface area contributed by atoms with Gasteiger partial charge < -0.3 is 15.6 Å². The fourth-order valence-electron chi connectivity index (χ4n) is 3.42. The Labute approximate surface area is 167 Å². The van der Waals surface area contributed by atoms with E-state index in [1.54, 1.807) is 12.5 Å². The van der Waals surface area contributed by atoms with E-state index >= 15 is 0 Å². The number of hydrogen-bond donors (Lipinski definition) is 2. The molecule has 4 rings (SSSR count). The van der Waals surface area contributed by atoms with Gasteiger partial charge in [-0.2, -0.15) is 4.68 Å². The average molecular weight is 400 g/mol. The molecule has 1 amide bonds. The van der Waals surface area contributed by atoms with Crippen LogP contribution in [0.5, 0.6) is 0 Å². The molecule has 3 N–H and O–H groups in total. The number of amides is 1. The lowest BCUT2D eigenvalue weighted by atomic mass is 10.1. The van der Waals surface area contributed by atoms with Crippen molar-refractivity contribution in [3.8, 4) is 5.82 Å². The van der Waals surface area contributed by atoms with Crippen molar-refractivity contribution in [2.75, 3.05) is 25.4 Å². The molecule has 0 radical (unpaired) electrons. The monoisotopic (exact) mass is 400 g/mol. The molecule has 1 saturated heterocycles. The molecule has 4 heterocycles. The molecule has 29 heavy (non-hydrogen) atoms. The normalized spacial score (nSPS) is 14.9. The Morgan fingerprint density at radius 2 is 2.10 bits per heavy atom. The maximum Gasteiger partial charge on any atom is 0.273 e. The van der Waals surface area contributed by atoms with E-state index in [-0.39, 0.29) is 23.2 Å². The van der Waals surface area contributed by atoms with Crippen molar-refractivity contribution in [3.05, 3.63) is 30.1 Å². The zero-order valence-corrected chi connectivity index (χ0v) is 16.1. The molecule has 3 aromatic heterocycles. The molecule has 3 aromatic rings. The maximum absolute atomic E-state index is 12.8. The third-order valence-electron chi connectivity index (χ3n) is 4.93. The van der Waals surface area contributed by atoms with Crippen LogP contribution in [0.4, 0.5) is 5.82 Å². The molecule has 0 atom stereocenters. The zero-order valence-electron chi connectivity index (χ0n) is 16.1. The van der Waals surface area contributed by atoms with Crippen LogP contribution in [0.15, 0.2) is 23.4 Å². The SMILES string of the molecule is Nc1nonc1-n1nnc(C(=O)NCCCn2ccnc2)c1CN1CCCCC1. The Morgan fingerprint density at radius 1 is 1.24 bits per heavy atom. The lowest BCUT2D eigenvalue weighted by Gasteiger charge is -2.26. The van der Waals surface area contributed by atoms with Crippen molar-refractivity contribution >= 4 is 11.7 Å². The van der Waals surface area contributed by atoms with Crippen LogP contribution in [0.3, 0.4) is 0 Å². The first kappa shape index (κ1) is 19.1. The average Bonchev–Trinajstić information content (AvgIpc) is 3.47. The molecule has 154 valence electrons. The smallest absolute Gasteiger partial charge is 0.273 e. The summed E-state index contributed by atoms with van der Waals surface area (Å²) < 4.78 is 8.10. The summed E-state index contributed by atoms with van der Waals surface area (Å²) in [6.45, 7) is 3.74. The Kier molecular flexibility index (Phi) is 5.79. The van der Waals surface area contributed by atoms with E-state index < -0.39 is 0 Å². The number of nitrogens with two attached hydrogens (primary N) is 1. The van der Waals surface area contributed by atoms with Crippen molar-refractivity contribution < 1.29 is 9.42 Å². The highest BCUT2D eigenvalue weighted by Crippen LogP contribution is 2.19. The van der Waals surface area contributed by atoms with Gasteiger partial charge in [-0.15, -0.1) is 5.10 Å². The van der Waals surface area contributed by atoms with Gasteiger partial charge in [0.25, 0.3) is 5.91 Å². The molecule has 0 aliphatic carbocycles. The summed E-state index contributed by atoms with van der Waals surface area (Å²) in [5.74, 6) is 0.0645. The highest BCUT2D eigenvalue weighted by molar-refractivity contribution is 5.93. The number of carbonyl (C=O) groups is 1. The first-order valence-electron chi connectivity index (χ1n) is 9.71. The van der Waals surface area contributed by atoms with Crippen LogP contribution < -0.4 is 11.1 Å². The minimum Gasteiger partial charge on any atom is -0.378 e. The summed E-state index contributed by atoms with van der Waals surface area (Å²) >= 11 is 0. The largest absolute Gasteiger partial charge is 0.378 e. The number of nitrogen functional groups attached to an aromatic ring is 1. The Balaban J connectivity index is 1.48. The molecule has 0 bridgehead atoms. The van der Waals surface area contributed by atoms with Gasteiger partial charge in [-0.05, 0) is 42.7 Å². The van der Waals surface area contributed by atoms with Crippen LogP contribution in [0.1, 0.15) is 41.9 Å². The fourth-order valence-corrected chi connectivity index (χ4v) is 3.42. The summed E-state index contributed by atoms with van der Waals surface area (Å²) in [5.41, 5.74) is 6.72. The summed E-state index contributed by atoms with van der Waals surface area (Å²) in [5, 5.41) is 18.5. The zero-order chi connectivity index (χ0) is 20.1. The Morgan fingerprint density at radius 3 is 2.83 bits per heavy atom. The summed E-state index contributed by atoms with van der Waals surface area (Å²) in [4.78, 5) is 19.1. The summed E-state index contributed by atoms with van der Waals surface area (Å²) in [6.07, 6.45) is 9.63. The molecule has 0 unspecified atom stereocenters. The third kappa shape index (κ3) is 4.42. The number of aryl methyl sites for hydroxylation is 1. The number of hydrogen-bond acceptors (Lipinski definition) is 9. The minimum absolute atomic E-state index is 0.0992. The number of piperidine rings is 1. The standard InChI is InChI=1S/C17H24N10O2/c18-15-16(23-29-22-15)27-13(11-25-7-2-1-3-8-25)14(21-24-27)17(28)20-5-4-9-26-10-6-19-12-26/h6,10,12H,1-5,7-9,11H2,(H2,18,22)(H,20,28). The van der Waals surface area contributed by atoms with Gasteiger partial charge in [0.1, 0.15) is 0 Å². The quantitative estimate of drug-likeness (QED) is 0.507. The molecule has 1 fully saturated rings. The van der Waals surface area contributed by atoms with Gasteiger partial charge in [0.15, 0.2) is 5.69 Å². The van der Waals surface area contributed by atoms with Crippen LogP contribution in [0, 0.1) is 0 Å². The summed E-state index contributed by atoms with van der Waals surface area (Å²) in [7, 11) is 0. The van der Waals surface area contributed by atoms with Crippen molar-refractivity contribution in [1.29, 1.82) is 0 Å². The number of aromatic nitrogens is 7. The van der Waals surface area contributed by atoms with E-state index in [0.717, 1.165) is 38.9 Å². The number of imidazole rings is 1. The highest BCUT2D eigenvalue weighted by atomic mass is 16.6. The van der Waals surface area contributed by atoms with Gasteiger partial charge in [0, 0.05) is 32.0 Å². The number of rotatable bonds is 8. The lowest BCUT2D eigenvalue weighted by Crippen LogP contribution is -2.32. The van der Waals surface area contributed by atoms with Crippen molar-refractivity contribution in [2.45, 2.75) is 38.8 Å². The molecule has 1 aliphatic heterocycles. The Hall–Kier alpha value is -3.28. The molecule has 12 nitrogen and oxygen atoms in total. The second kappa shape index (κ2) is 8.82. The van der Waals surface area contributed by atoms with E-state index in [9.17, 15) is 4.79 Å². The number of nitrogens with one attached hydrogen (secondary N) is 1. The molecule has 12 heteroatoms. The minimum atomic E-state index is -0.274. The van der Waals surface area contributed by atoms with Gasteiger partial charge in [0.05, 0.1) is 12.0 Å². The maximum atomic E-state index is 12.8. The van der Waals surface area contributed by atoms with Gasteiger partial charge >= 0.3 is 0 Å². The molecule has 0 aromatic carbocycles. The molecule has 0 spiro atoms. The highest BCUT2D eigenvalue weighted by Gasteiger charge is 2.25. The van der Waals surface area contributed by atoms with Gasteiger partial charge in [-0.3, -0.25) is 9.69 Å². The number of anilines is 1. The van der Waals surface area contributed by atoms with Crippen LogP contribution in [-0.2, 0) is 13.1 Å². The van der Waals surface area contributed by atoms with Crippen LogP contribution in [0.25, 0.3) is 5.82 Å². The van der Waals surface area contributed by atoms with Crippen LogP contribution in [-0.4, -0.2) is 65.3 Å². The second-order valence-electron chi connectivity index (χ2n) is 7.02. The second-order valence-corrected chi connectivity index (χ2v) is 7.02. The number of likely N-dealkylation sites (tertiary alicyclic amines) is 1. The van der Waals surface area contributed by atoms with Crippen molar-refractivity contribution in [1.82, 2.24) is 45.1 Å². The first-order chi connectivity index (χ1) is 14.2. The van der Waals surface area contributed by atoms with Gasteiger partial charge in [-0.1, -0.05) is 11.6 Å². The number of nitrogens with zero attached hydrogens (tertiary/aromatic N) is 8. The van der Waals surface area contributed by atoms with Gasteiger partial charge in [0.2, 0.25) is 11.6 Å². The third-order valence-corrected chi connectivity index (χ3v) is 4.93. The predicted octanol–water partition coefficient (Wildman–Crippen LogP) is 0.235. The van der Waals surface area contributed by atoms with E-state index in [2.05, 4.69) is 35.8 Å². The Bertz CT molecular complexity index is 926. The molecular weight excluding hydrogens is 376 g/mol. The first-order valence-corrected chi connectivity index (χ1v) is 9.71.